The van der Waals surface area contributed by atoms with Crippen molar-refractivity contribution in [3.63, 3.8) is 0 Å². The van der Waals surface area contributed by atoms with Crippen molar-refractivity contribution in [2.75, 3.05) is 0 Å². The van der Waals surface area contributed by atoms with Crippen molar-refractivity contribution in [1.82, 2.24) is 0 Å². The lowest BCUT2D eigenvalue weighted by Crippen LogP contribution is -2.28. The van der Waals surface area contributed by atoms with Gasteiger partial charge in [0, 0.05) is 0 Å². The molecule has 0 bridgehead atoms. The number of ether oxygens (including phenoxy) is 1. The molecule has 130 valence electrons. The molecule has 0 radical (unpaired) electrons. The van der Waals surface area contributed by atoms with Crippen LogP contribution in [0, 0.1) is 5.41 Å². The van der Waals surface area contributed by atoms with E-state index in [0.717, 1.165) is 6.42 Å². The van der Waals surface area contributed by atoms with E-state index in [9.17, 15) is 4.79 Å². The van der Waals surface area contributed by atoms with Gasteiger partial charge in [0.15, 0.2) is 0 Å². The summed E-state index contributed by atoms with van der Waals surface area (Å²) in [5.74, 6) is 1.14. The second-order valence-electron chi connectivity index (χ2n) is 7.18. The Morgan fingerprint density at radius 1 is 1.00 bits per heavy atom. The molecule has 0 N–H and O–H groups in total. The van der Waals surface area contributed by atoms with Gasteiger partial charge in [0.2, 0.25) is 0 Å². The third-order valence-electron chi connectivity index (χ3n) is 4.81. The van der Waals surface area contributed by atoms with Crippen LogP contribution in [0.25, 0.3) is 0 Å². The van der Waals surface area contributed by atoms with Gasteiger partial charge in [-0.05, 0) is 56.7 Å². The predicted octanol–water partition coefficient (Wildman–Crippen LogP) is 6.49. The summed E-state index contributed by atoms with van der Waals surface area (Å²) in [5, 5.41) is 0. The monoisotopic (exact) mass is 318 g/mol. The van der Waals surface area contributed by atoms with E-state index < -0.39 is 5.41 Å². The van der Waals surface area contributed by atoms with E-state index in [-0.39, 0.29) is 5.97 Å². The van der Waals surface area contributed by atoms with E-state index in [0.29, 0.717) is 11.7 Å². The number of hydrogen-bond donors (Lipinski definition) is 0. The van der Waals surface area contributed by atoms with Gasteiger partial charge >= 0.3 is 5.97 Å². The zero-order valence-corrected chi connectivity index (χ0v) is 15.7. The molecule has 2 heteroatoms. The maximum Gasteiger partial charge on any atom is 0.316 e. The molecule has 0 unspecified atom stereocenters. The lowest BCUT2D eigenvalue weighted by Gasteiger charge is -2.21. The zero-order valence-electron chi connectivity index (χ0n) is 15.7. The average molecular weight is 319 g/mol. The Morgan fingerprint density at radius 2 is 1.52 bits per heavy atom. The number of carbonyl (C=O) groups is 1. The van der Waals surface area contributed by atoms with Crippen molar-refractivity contribution in [3.8, 4) is 5.75 Å². The van der Waals surface area contributed by atoms with Crippen LogP contribution in [0.15, 0.2) is 24.3 Å². The minimum absolute atomic E-state index is 0.152. The average Bonchev–Trinajstić information content (AvgIpc) is 2.56. The molecule has 0 aliphatic rings. The van der Waals surface area contributed by atoms with Gasteiger partial charge in [-0.1, -0.05) is 58.6 Å². The van der Waals surface area contributed by atoms with Crippen molar-refractivity contribution in [1.29, 1.82) is 0 Å². The molecule has 0 fully saturated rings. The number of carbonyl (C=O) groups excluding carboxylic acids is 1. The zero-order chi connectivity index (χ0) is 17.3. The third-order valence-corrected chi connectivity index (χ3v) is 4.81. The van der Waals surface area contributed by atoms with Crippen LogP contribution in [0.3, 0.4) is 0 Å². The third kappa shape index (κ3) is 6.37. The molecular formula is C21H34O2. The van der Waals surface area contributed by atoms with E-state index >= 15 is 0 Å². The normalized spacial score (nSPS) is 11.7. The van der Waals surface area contributed by atoms with Crippen molar-refractivity contribution in [2.45, 2.75) is 85.5 Å². The van der Waals surface area contributed by atoms with Gasteiger partial charge in [-0.25, -0.2) is 0 Å². The SMILES string of the molecule is CCCCC(CCCC)c1ccc(OC(=O)C(C)(C)CC)cc1. The molecular weight excluding hydrogens is 284 g/mol. The molecule has 1 aromatic carbocycles. The smallest absolute Gasteiger partial charge is 0.316 e. The molecule has 0 aromatic heterocycles. The van der Waals surface area contributed by atoms with Crippen LogP contribution in [0.2, 0.25) is 0 Å². The van der Waals surface area contributed by atoms with Gasteiger partial charge in [-0.2, -0.15) is 0 Å². The quantitative estimate of drug-likeness (QED) is 0.364. The van der Waals surface area contributed by atoms with Crippen molar-refractivity contribution in [2.24, 2.45) is 5.41 Å². The van der Waals surface area contributed by atoms with E-state index in [1.165, 1.54) is 44.1 Å². The number of rotatable bonds is 10. The number of unbranched alkanes of at least 4 members (excludes halogenated alkanes) is 2. The number of esters is 1. The minimum Gasteiger partial charge on any atom is -0.426 e. The summed E-state index contributed by atoms with van der Waals surface area (Å²) in [7, 11) is 0. The van der Waals surface area contributed by atoms with Crippen LogP contribution < -0.4 is 4.74 Å². The summed E-state index contributed by atoms with van der Waals surface area (Å²) in [6.45, 7) is 10.4. The molecule has 0 atom stereocenters. The molecule has 1 aromatic rings. The van der Waals surface area contributed by atoms with Gasteiger partial charge in [-0.3, -0.25) is 4.79 Å². The Bertz CT molecular complexity index is 451. The van der Waals surface area contributed by atoms with Crippen LogP contribution in [0.4, 0.5) is 0 Å². The molecule has 0 amide bonds. The highest BCUT2D eigenvalue weighted by Gasteiger charge is 2.27. The summed E-state index contributed by atoms with van der Waals surface area (Å²) < 4.78 is 5.53. The van der Waals surface area contributed by atoms with Crippen LogP contribution >= 0.6 is 0 Å². The van der Waals surface area contributed by atoms with Crippen molar-refractivity contribution < 1.29 is 9.53 Å². The fourth-order valence-electron chi connectivity index (χ4n) is 2.58. The molecule has 2 nitrogen and oxygen atoms in total. The van der Waals surface area contributed by atoms with Gasteiger partial charge in [0.1, 0.15) is 5.75 Å². The van der Waals surface area contributed by atoms with E-state index in [4.69, 9.17) is 4.74 Å². The molecule has 0 saturated carbocycles. The first kappa shape index (κ1) is 19.7. The van der Waals surface area contributed by atoms with Gasteiger partial charge in [0.25, 0.3) is 0 Å². The maximum absolute atomic E-state index is 12.1. The van der Waals surface area contributed by atoms with Gasteiger partial charge in [0.05, 0.1) is 5.41 Å². The summed E-state index contributed by atoms with van der Waals surface area (Å²) in [6, 6.07) is 8.17. The van der Waals surface area contributed by atoms with E-state index in [1.54, 1.807) is 0 Å². The summed E-state index contributed by atoms with van der Waals surface area (Å²) in [4.78, 5) is 12.1. The van der Waals surface area contributed by atoms with Gasteiger partial charge in [-0.15, -0.1) is 0 Å². The maximum atomic E-state index is 12.1. The fourth-order valence-corrected chi connectivity index (χ4v) is 2.58. The molecule has 0 spiro atoms. The first-order chi connectivity index (χ1) is 10.9. The Kier molecular flexibility index (Phi) is 8.36. The highest BCUT2D eigenvalue weighted by atomic mass is 16.5. The highest BCUT2D eigenvalue weighted by Crippen LogP contribution is 2.30. The van der Waals surface area contributed by atoms with E-state index in [1.807, 2.05) is 32.9 Å². The van der Waals surface area contributed by atoms with Crippen molar-refractivity contribution >= 4 is 5.97 Å². The molecule has 1 rings (SSSR count). The first-order valence-corrected chi connectivity index (χ1v) is 9.26. The second-order valence-corrected chi connectivity index (χ2v) is 7.18. The largest absolute Gasteiger partial charge is 0.426 e. The van der Waals surface area contributed by atoms with E-state index in [2.05, 4.69) is 26.0 Å². The van der Waals surface area contributed by atoms with Crippen molar-refractivity contribution in [3.05, 3.63) is 29.8 Å². The molecule has 0 saturated heterocycles. The number of hydrogen-bond acceptors (Lipinski definition) is 2. The number of benzene rings is 1. The summed E-state index contributed by atoms with van der Waals surface area (Å²) >= 11 is 0. The minimum atomic E-state index is -0.427. The molecule has 23 heavy (non-hydrogen) atoms. The van der Waals surface area contributed by atoms with Crippen LogP contribution in [0.5, 0.6) is 5.75 Å². The summed E-state index contributed by atoms with van der Waals surface area (Å²) in [6.07, 6.45) is 8.30. The van der Waals surface area contributed by atoms with Crippen LogP contribution in [-0.2, 0) is 4.79 Å². The Morgan fingerprint density at radius 3 is 1.96 bits per heavy atom. The highest BCUT2D eigenvalue weighted by molar-refractivity contribution is 5.78. The fraction of sp³-hybridized carbons (Fsp3) is 0.667. The predicted molar refractivity (Wildman–Crippen MR) is 97.9 cm³/mol. The van der Waals surface area contributed by atoms with Crippen LogP contribution in [0.1, 0.15) is 91.0 Å². The standard InChI is InChI=1S/C21H34O2/c1-6-9-11-17(12-10-7-2)18-13-15-19(16-14-18)23-20(22)21(4,5)8-3/h13-17H,6-12H2,1-5H3. The molecule has 0 heterocycles. The Hall–Kier alpha value is -1.31. The van der Waals surface area contributed by atoms with Gasteiger partial charge < -0.3 is 4.74 Å². The van der Waals surface area contributed by atoms with Crippen LogP contribution in [-0.4, -0.2) is 5.97 Å². The first-order valence-electron chi connectivity index (χ1n) is 9.26. The lowest BCUT2D eigenvalue weighted by atomic mass is 9.89. The Balaban J connectivity index is 2.74. The summed E-state index contributed by atoms with van der Waals surface area (Å²) in [5.41, 5.74) is 0.949. The molecule has 0 aliphatic carbocycles. The lowest BCUT2D eigenvalue weighted by molar-refractivity contribution is -0.144. The Labute approximate surface area is 142 Å². The second kappa shape index (κ2) is 9.75. The molecule has 0 aliphatic heterocycles. The topological polar surface area (TPSA) is 26.3 Å².